The molecule has 1 aromatic heterocycles. The van der Waals surface area contributed by atoms with Crippen molar-refractivity contribution in [2.45, 2.75) is 26.3 Å². The van der Waals surface area contributed by atoms with Crippen LogP contribution >= 0.6 is 11.3 Å². The molecule has 2 heteroatoms. The normalized spacial score (nSPS) is 12.7. The topological polar surface area (TPSA) is 26.0 Å². The van der Waals surface area contributed by atoms with Crippen molar-refractivity contribution >= 4 is 11.3 Å². The van der Waals surface area contributed by atoms with E-state index < -0.39 is 0 Å². The number of hydrogen-bond donors (Lipinski definition) is 1. The first kappa shape index (κ1) is 11.4. The highest BCUT2D eigenvalue weighted by Gasteiger charge is 2.07. The summed E-state index contributed by atoms with van der Waals surface area (Å²) < 4.78 is 0. The maximum atomic E-state index is 6.02. The molecule has 1 unspecified atom stereocenters. The number of thiophene rings is 1. The fourth-order valence-corrected chi connectivity index (χ4v) is 2.72. The van der Waals surface area contributed by atoms with Crippen molar-refractivity contribution in [2.24, 2.45) is 5.73 Å². The van der Waals surface area contributed by atoms with Crippen LogP contribution in [0.25, 0.3) is 10.4 Å². The molecule has 1 atom stereocenters. The van der Waals surface area contributed by atoms with Crippen molar-refractivity contribution in [3.63, 3.8) is 0 Å². The lowest BCUT2D eigenvalue weighted by atomic mass is 10.1. The second-order valence-electron chi connectivity index (χ2n) is 4.08. The third-order valence-electron chi connectivity index (χ3n) is 2.77. The van der Waals surface area contributed by atoms with Gasteiger partial charge in [0.2, 0.25) is 0 Å². The fourth-order valence-electron chi connectivity index (χ4n) is 1.63. The van der Waals surface area contributed by atoms with E-state index in [1.54, 1.807) is 11.3 Å². The third kappa shape index (κ3) is 2.34. The van der Waals surface area contributed by atoms with Crippen LogP contribution in [0.3, 0.4) is 0 Å². The molecule has 16 heavy (non-hydrogen) atoms. The zero-order chi connectivity index (χ0) is 11.5. The van der Waals surface area contributed by atoms with E-state index in [0.29, 0.717) is 0 Å². The van der Waals surface area contributed by atoms with Gasteiger partial charge in [0.1, 0.15) is 0 Å². The van der Waals surface area contributed by atoms with Crippen molar-refractivity contribution < 1.29 is 0 Å². The summed E-state index contributed by atoms with van der Waals surface area (Å²) >= 11 is 1.80. The van der Waals surface area contributed by atoms with Gasteiger partial charge in [0.05, 0.1) is 0 Å². The van der Waals surface area contributed by atoms with Crippen molar-refractivity contribution in [2.75, 3.05) is 0 Å². The average molecular weight is 231 g/mol. The van der Waals surface area contributed by atoms with Crippen LogP contribution in [-0.4, -0.2) is 0 Å². The molecule has 0 radical (unpaired) electrons. The quantitative estimate of drug-likeness (QED) is 0.844. The van der Waals surface area contributed by atoms with E-state index in [2.05, 4.69) is 50.2 Å². The van der Waals surface area contributed by atoms with Gasteiger partial charge in [-0.1, -0.05) is 36.8 Å². The summed E-state index contributed by atoms with van der Waals surface area (Å²) in [7, 11) is 0. The molecule has 2 rings (SSSR count). The van der Waals surface area contributed by atoms with Gasteiger partial charge in [-0.3, -0.25) is 0 Å². The highest BCUT2D eigenvalue weighted by atomic mass is 32.1. The molecule has 0 amide bonds. The van der Waals surface area contributed by atoms with Gasteiger partial charge in [0.25, 0.3) is 0 Å². The van der Waals surface area contributed by atoms with Crippen molar-refractivity contribution in [1.82, 2.24) is 0 Å². The van der Waals surface area contributed by atoms with E-state index in [1.807, 2.05) is 0 Å². The van der Waals surface area contributed by atoms with E-state index in [4.69, 9.17) is 5.73 Å². The molecule has 1 aromatic carbocycles. The van der Waals surface area contributed by atoms with Gasteiger partial charge in [-0.15, -0.1) is 11.3 Å². The van der Waals surface area contributed by atoms with Crippen LogP contribution in [0.5, 0.6) is 0 Å². The monoisotopic (exact) mass is 231 g/mol. The summed E-state index contributed by atoms with van der Waals surface area (Å²) in [6.45, 7) is 4.23. The lowest BCUT2D eigenvalue weighted by Gasteiger charge is -2.04. The van der Waals surface area contributed by atoms with Crippen LogP contribution in [0.15, 0.2) is 36.4 Å². The predicted octanol–water partition coefficient (Wildman–Crippen LogP) is 4.13. The molecule has 0 saturated heterocycles. The molecule has 0 fully saturated rings. The summed E-state index contributed by atoms with van der Waals surface area (Å²) in [5.41, 5.74) is 8.60. The molecule has 84 valence electrons. The first-order chi connectivity index (χ1) is 7.70. The van der Waals surface area contributed by atoms with Crippen LogP contribution < -0.4 is 5.73 Å². The number of hydrogen-bond acceptors (Lipinski definition) is 2. The van der Waals surface area contributed by atoms with Gasteiger partial charge < -0.3 is 5.73 Å². The molecule has 0 aliphatic heterocycles. The van der Waals surface area contributed by atoms with E-state index in [9.17, 15) is 0 Å². The van der Waals surface area contributed by atoms with Gasteiger partial charge in [0, 0.05) is 15.8 Å². The molecule has 2 N–H and O–H groups in total. The number of benzene rings is 1. The van der Waals surface area contributed by atoms with Gasteiger partial charge in [0.15, 0.2) is 0 Å². The maximum Gasteiger partial charge on any atom is 0.0387 e. The van der Waals surface area contributed by atoms with Gasteiger partial charge in [-0.2, -0.15) is 0 Å². The lowest BCUT2D eigenvalue weighted by molar-refractivity contribution is 0.712. The fraction of sp³-hybridized carbons (Fsp3) is 0.286. The Labute approximate surface area is 101 Å². The first-order valence-electron chi connectivity index (χ1n) is 5.63. The maximum absolute atomic E-state index is 6.02. The van der Waals surface area contributed by atoms with Crippen LogP contribution in [0.2, 0.25) is 0 Å². The van der Waals surface area contributed by atoms with Gasteiger partial charge >= 0.3 is 0 Å². The summed E-state index contributed by atoms with van der Waals surface area (Å²) in [4.78, 5) is 2.58. The van der Waals surface area contributed by atoms with Crippen LogP contribution in [0.4, 0.5) is 0 Å². The Balaban J connectivity index is 2.28. The molecule has 0 aliphatic rings. The molecule has 0 spiro atoms. The highest BCUT2D eigenvalue weighted by molar-refractivity contribution is 7.15. The summed E-state index contributed by atoms with van der Waals surface area (Å²) in [6.07, 6.45) is 0.994. The Morgan fingerprint density at radius 3 is 2.44 bits per heavy atom. The van der Waals surface area contributed by atoms with Gasteiger partial charge in [-0.05, 0) is 31.0 Å². The standard InChI is InChI=1S/C14H17NS/c1-3-12(15)14-9-8-13(16-14)11-6-4-10(2)5-7-11/h4-9,12H,3,15H2,1-2H3. The Bertz CT molecular complexity index is 456. The Hall–Kier alpha value is -1.12. The molecule has 0 aliphatic carbocycles. The predicted molar refractivity (Wildman–Crippen MR) is 71.7 cm³/mol. The molecular formula is C14H17NS. The second-order valence-corrected chi connectivity index (χ2v) is 5.20. The minimum absolute atomic E-state index is 0.184. The second kappa shape index (κ2) is 4.81. The van der Waals surface area contributed by atoms with Crippen LogP contribution in [0.1, 0.15) is 29.8 Å². The third-order valence-corrected chi connectivity index (χ3v) is 4.03. The van der Waals surface area contributed by atoms with Crippen molar-refractivity contribution in [3.8, 4) is 10.4 Å². The highest BCUT2D eigenvalue weighted by Crippen LogP contribution is 2.31. The van der Waals surface area contributed by atoms with Gasteiger partial charge in [-0.25, -0.2) is 0 Å². The minimum atomic E-state index is 0.184. The number of aryl methyl sites for hydroxylation is 1. The Kier molecular flexibility index (Phi) is 3.42. The van der Waals surface area contributed by atoms with Crippen molar-refractivity contribution in [1.29, 1.82) is 0 Å². The number of nitrogens with two attached hydrogens (primary N) is 1. The van der Waals surface area contributed by atoms with Crippen LogP contribution in [-0.2, 0) is 0 Å². The molecule has 1 nitrogen and oxygen atoms in total. The largest absolute Gasteiger partial charge is 0.323 e. The Morgan fingerprint density at radius 2 is 1.81 bits per heavy atom. The summed E-state index contributed by atoms with van der Waals surface area (Å²) in [5, 5.41) is 0. The summed E-state index contributed by atoms with van der Waals surface area (Å²) in [6, 6.07) is 13.1. The van der Waals surface area contributed by atoms with E-state index in [1.165, 1.54) is 20.9 Å². The molecule has 0 bridgehead atoms. The zero-order valence-corrected chi connectivity index (χ0v) is 10.6. The van der Waals surface area contributed by atoms with E-state index in [-0.39, 0.29) is 6.04 Å². The molecule has 1 heterocycles. The lowest BCUT2D eigenvalue weighted by Crippen LogP contribution is -2.05. The zero-order valence-electron chi connectivity index (χ0n) is 9.73. The first-order valence-corrected chi connectivity index (χ1v) is 6.44. The Morgan fingerprint density at radius 1 is 1.12 bits per heavy atom. The van der Waals surface area contributed by atoms with E-state index >= 15 is 0 Å². The number of rotatable bonds is 3. The van der Waals surface area contributed by atoms with E-state index in [0.717, 1.165) is 6.42 Å². The molecule has 2 aromatic rings. The smallest absolute Gasteiger partial charge is 0.0387 e. The molecular weight excluding hydrogens is 214 g/mol. The van der Waals surface area contributed by atoms with Crippen LogP contribution in [0, 0.1) is 6.92 Å². The summed E-state index contributed by atoms with van der Waals surface area (Å²) in [5.74, 6) is 0. The molecule has 0 saturated carbocycles. The SMILES string of the molecule is CCC(N)c1ccc(-c2ccc(C)cc2)s1. The van der Waals surface area contributed by atoms with Crippen molar-refractivity contribution in [3.05, 3.63) is 46.8 Å². The minimum Gasteiger partial charge on any atom is -0.323 e. The average Bonchev–Trinajstić information content (AvgIpc) is 2.78.